The number of hydrogen-bond donors (Lipinski definition) is 0. The molecule has 2 saturated heterocycles. The van der Waals surface area contributed by atoms with E-state index in [4.69, 9.17) is 37.3 Å². The predicted octanol–water partition coefficient (Wildman–Crippen LogP) is 8.88. The normalized spacial score (nSPS) is 24.0. The predicted molar refractivity (Wildman–Crippen MR) is 187 cm³/mol. The second kappa shape index (κ2) is 12.9. The highest BCUT2D eigenvalue weighted by molar-refractivity contribution is 6.01. The van der Waals surface area contributed by atoms with E-state index >= 15 is 0 Å². The van der Waals surface area contributed by atoms with Crippen molar-refractivity contribution in [2.75, 3.05) is 13.2 Å². The Bertz CT molecular complexity index is 2010. The monoisotopic (exact) mass is 668 g/mol. The van der Waals surface area contributed by atoms with Crippen molar-refractivity contribution in [2.24, 2.45) is 0 Å². The highest BCUT2D eigenvalue weighted by Crippen LogP contribution is 2.45. The van der Waals surface area contributed by atoms with Crippen LogP contribution in [0.3, 0.4) is 0 Å². The van der Waals surface area contributed by atoms with Gasteiger partial charge < -0.3 is 37.3 Å². The second-order valence-electron chi connectivity index (χ2n) is 14.3. The standard InChI is InChI=1S/C40H44O9/c1-25(7-12-34-38(3,4)47-34)16-20-42-28-10-9-27-15-19-40(46-31(27)23-28)48-35(39(5,6)49-40)13-8-26(2)17-21-44-37-29-11-14-36(41)45-33(29)24-32-30(37)18-22-43-32/h9-11,14-19,22-24,34-35H,7-8,12-13,20-21H2,1-6H3/b25-16-,26-17+/t34?,35-,40+/m1/s1. The first-order valence-corrected chi connectivity index (χ1v) is 17.0. The van der Waals surface area contributed by atoms with E-state index in [1.807, 2.05) is 50.3 Å². The van der Waals surface area contributed by atoms with E-state index in [1.165, 1.54) is 11.6 Å². The van der Waals surface area contributed by atoms with Crippen molar-refractivity contribution in [3.05, 3.63) is 94.1 Å². The molecule has 3 atom stereocenters. The van der Waals surface area contributed by atoms with Crippen molar-refractivity contribution in [3.8, 4) is 17.2 Å². The van der Waals surface area contributed by atoms with E-state index in [1.54, 1.807) is 18.4 Å². The molecule has 9 nitrogen and oxygen atoms in total. The fourth-order valence-electron chi connectivity index (χ4n) is 6.50. The van der Waals surface area contributed by atoms with E-state index in [-0.39, 0.29) is 11.7 Å². The first-order chi connectivity index (χ1) is 23.4. The molecule has 258 valence electrons. The number of epoxide rings is 1. The van der Waals surface area contributed by atoms with Crippen LogP contribution in [0, 0.1) is 0 Å². The van der Waals surface area contributed by atoms with E-state index in [0.29, 0.717) is 42.0 Å². The molecule has 49 heavy (non-hydrogen) atoms. The molecule has 0 radical (unpaired) electrons. The molecule has 2 aromatic carbocycles. The van der Waals surface area contributed by atoms with E-state index in [9.17, 15) is 4.79 Å². The summed E-state index contributed by atoms with van der Waals surface area (Å²) in [5, 5.41) is 1.54. The van der Waals surface area contributed by atoms with Gasteiger partial charge in [-0.2, -0.15) is 0 Å². The molecule has 3 aliphatic heterocycles. The molecule has 9 heteroatoms. The lowest BCUT2D eigenvalue weighted by molar-refractivity contribution is -0.270. The summed E-state index contributed by atoms with van der Waals surface area (Å²) in [4.78, 5) is 11.8. The van der Waals surface area contributed by atoms with Crippen molar-refractivity contribution in [1.29, 1.82) is 0 Å². The Morgan fingerprint density at radius 3 is 2.24 bits per heavy atom. The average molecular weight is 669 g/mol. The fraction of sp³-hybridized carbons (Fsp3) is 0.425. The zero-order valence-corrected chi connectivity index (χ0v) is 29.0. The number of fused-ring (bicyclic) bond motifs is 3. The summed E-state index contributed by atoms with van der Waals surface area (Å²) in [5.74, 6) is 0.681. The highest BCUT2D eigenvalue weighted by Gasteiger charge is 2.54. The molecule has 5 heterocycles. The second-order valence-corrected chi connectivity index (χ2v) is 14.3. The Kier molecular flexibility index (Phi) is 8.71. The van der Waals surface area contributed by atoms with Gasteiger partial charge >= 0.3 is 11.6 Å². The number of ether oxygens (including phenoxy) is 6. The van der Waals surface area contributed by atoms with Gasteiger partial charge in [0.1, 0.15) is 41.6 Å². The van der Waals surface area contributed by atoms with Crippen LogP contribution in [0.4, 0.5) is 0 Å². The SMILES string of the molecule is C/C(=C/COc1ccc2c(c1)O[C@@]1(C=C2)O[C@H](CC/C(C)=C/COc2c3ccoc3cc3oc(=O)ccc23)C(C)(C)O1)CCC1OC1(C)C. The zero-order valence-electron chi connectivity index (χ0n) is 29.0. The topological polar surface area (TPSA) is 102 Å². The van der Waals surface area contributed by atoms with Crippen molar-refractivity contribution >= 4 is 28.0 Å². The first kappa shape index (κ1) is 33.2. The number of benzene rings is 2. The lowest BCUT2D eigenvalue weighted by Gasteiger charge is -2.30. The minimum Gasteiger partial charge on any atom is -0.489 e. The van der Waals surface area contributed by atoms with Gasteiger partial charge in [-0.25, -0.2) is 4.79 Å². The quantitative estimate of drug-likeness (QED) is 0.0832. The van der Waals surface area contributed by atoms with Crippen LogP contribution in [0.5, 0.6) is 17.2 Å². The summed E-state index contributed by atoms with van der Waals surface area (Å²) in [6, 6.07) is 12.5. The van der Waals surface area contributed by atoms with Gasteiger partial charge in [0.2, 0.25) is 0 Å². The zero-order chi connectivity index (χ0) is 34.4. The fourth-order valence-corrected chi connectivity index (χ4v) is 6.50. The summed E-state index contributed by atoms with van der Waals surface area (Å²) >= 11 is 0. The van der Waals surface area contributed by atoms with Gasteiger partial charge in [-0.05, 0) is 110 Å². The first-order valence-electron chi connectivity index (χ1n) is 17.0. The lowest BCUT2D eigenvalue weighted by atomic mass is 9.96. The minimum atomic E-state index is -1.31. The molecule has 2 fully saturated rings. The average Bonchev–Trinajstić information content (AvgIpc) is 3.31. The Labute approximate surface area is 286 Å². The lowest BCUT2D eigenvalue weighted by Crippen LogP contribution is -2.38. The third-order valence-electron chi connectivity index (χ3n) is 9.61. The summed E-state index contributed by atoms with van der Waals surface area (Å²) in [5.41, 5.74) is 3.41. The number of furan rings is 1. The van der Waals surface area contributed by atoms with Crippen LogP contribution >= 0.6 is 0 Å². The van der Waals surface area contributed by atoms with Crippen LogP contribution in [0.1, 0.15) is 72.8 Å². The molecule has 3 aliphatic rings. The molecule has 0 N–H and O–H groups in total. The molecule has 0 saturated carbocycles. The summed E-state index contributed by atoms with van der Waals surface area (Å²) < 4.78 is 48.2. The van der Waals surface area contributed by atoms with Crippen LogP contribution in [0.2, 0.25) is 0 Å². The van der Waals surface area contributed by atoms with E-state index in [2.05, 4.69) is 39.8 Å². The van der Waals surface area contributed by atoms with Crippen LogP contribution in [-0.4, -0.2) is 42.6 Å². The Hall–Kier alpha value is -4.31. The third-order valence-corrected chi connectivity index (χ3v) is 9.61. The molecule has 0 bridgehead atoms. The molecule has 2 aromatic heterocycles. The summed E-state index contributed by atoms with van der Waals surface area (Å²) in [6.45, 7) is 13.4. The molecule has 0 amide bonds. The maximum absolute atomic E-state index is 11.8. The van der Waals surface area contributed by atoms with Crippen LogP contribution in [0.15, 0.2) is 91.7 Å². The number of hydrogen-bond acceptors (Lipinski definition) is 9. The molecule has 7 rings (SSSR count). The van der Waals surface area contributed by atoms with Crippen LogP contribution in [0.25, 0.3) is 28.0 Å². The highest BCUT2D eigenvalue weighted by atomic mass is 16.9. The number of allylic oxidation sites excluding steroid dienone is 2. The van der Waals surface area contributed by atoms with Gasteiger partial charge in [-0.3, -0.25) is 0 Å². The van der Waals surface area contributed by atoms with Crippen LogP contribution < -0.4 is 19.8 Å². The van der Waals surface area contributed by atoms with Gasteiger partial charge in [0.05, 0.1) is 40.4 Å². The smallest absolute Gasteiger partial charge is 0.350 e. The van der Waals surface area contributed by atoms with Gasteiger partial charge in [0.15, 0.2) is 0 Å². The maximum atomic E-state index is 11.8. The Balaban J connectivity index is 0.939. The van der Waals surface area contributed by atoms with Gasteiger partial charge in [0, 0.05) is 29.8 Å². The Morgan fingerprint density at radius 1 is 0.816 bits per heavy atom. The minimum absolute atomic E-state index is 0.0251. The maximum Gasteiger partial charge on any atom is 0.350 e. The largest absolute Gasteiger partial charge is 0.489 e. The molecular weight excluding hydrogens is 624 g/mol. The molecule has 0 aliphatic carbocycles. The van der Waals surface area contributed by atoms with Gasteiger partial charge in [0.25, 0.3) is 0 Å². The van der Waals surface area contributed by atoms with Gasteiger partial charge in [-0.1, -0.05) is 11.1 Å². The van der Waals surface area contributed by atoms with Crippen molar-refractivity contribution in [3.63, 3.8) is 0 Å². The summed E-state index contributed by atoms with van der Waals surface area (Å²) in [6.07, 6.45) is 13.3. The van der Waals surface area contributed by atoms with Gasteiger partial charge in [-0.15, -0.1) is 0 Å². The van der Waals surface area contributed by atoms with Crippen molar-refractivity contribution in [2.45, 2.75) is 96.6 Å². The molecule has 4 aromatic rings. The Morgan fingerprint density at radius 2 is 1.51 bits per heavy atom. The molecule has 1 spiro atoms. The van der Waals surface area contributed by atoms with Crippen molar-refractivity contribution < 1.29 is 37.3 Å². The van der Waals surface area contributed by atoms with E-state index in [0.717, 1.165) is 53.3 Å². The molecule has 1 unspecified atom stereocenters. The summed E-state index contributed by atoms with van der Waals surface area (Å²) in [7, 11) is 0. The third kappa shape index (κ3) is 7.20. The molecular formula is C40H44O9. The van der Waals surface area contributed by atoms with Crippen molar-refractivity contribution in [1.82, 2.24) is 0 Å². The van der Waals surface area contributed by atoms with E-state index < -0.39 is 17.2 Å². The van der Waals surface area contributed by atoms with Crippen LogP contribution in [-0.2, 0) is 14.2 Å². The number of rotatable bonds is 12.